The van der Waals surface area contributed by atoms with E-state index in [-0.39, 0.29) is 11.3 Å². The smallest absolute Gasteiger partial charge is 0.419 e. The largest absolute Gasteiger partial charge is 0.507 e. The van der Waals surface area contributed by atoms with Gasteiger partial charge >= 0.3 is 6.18 Å². The van der Waals surface area contributed by atoms with Crippen molar-refractivity contribution in [1.82, 2.24) is 9.78 Å². The quantitative estimate of drug-likeness (QED) is 0.717. The molecule has 0 saturated heterocycles. The van der Waals surface area contributed by atoms with Crippen molar-refractivity contribution in [1.29, 1.82) is 0 Å². The number of phenolic OH excluding ortho intramolecular Hbond substituents is 1. The molecule has 25 heavy (non-hydrogen) atoms. The summed E-state index contributed by atoms with van der Waals surface area (Å²) in [5.74, 6) is -1.48. The van der Waals surface area contributed by atoms with Crippen LogP contribution < -0.4 is 0 Å². The lowest BCUT2D eigenvalue weighted by Gasteiger charge is -2.11. The van der Waals surface area contributed by atoms with Crippen LogP contribution in [0.15, 0.2) is 36.4 Å². The Labute approximate surface area is 141 Å². The Morgan fingerprint density at radius 3 is 2.56 bits per heavy atom. The van der Waals surface area contributed by atoms with Crippen LogP contribution >= 0.6 is 0 Å². The number of fused-ring (bicyclic) bond motifs is 1. The number of hydrogen-bond acceptors (Lipinski definition) is 3. The molecule has 0 fully saturated rings. The Morgan fingerprint density at radius 2 is 1.92 bits per heavy atom. The fraction of sp³-hybridized carbons (Fsp3) is 0.222. The van der Waals surface area contributed by atoms with Crippen LogP contribution in [0.4, 0.5) is 13.2 Å². The van der Waals surface area contributed by atoms with E-state index in [1.54, 1.807) is 19.1 Å². The predicted molar refractivity (Wildman–Crippen MR) is 86.7 cm³/mol. The summed E-state index contributed by atoms with van der Waals surface area (Å²) in [7, 11) is 0. The monoisotopic (exact) mass is 348 g/mol. The van der Waals surface area contributed by atoms with Crippen LogP contribution in [0.3, 0.4) is 0 Å². The van der Waals surface area contributed by atoms with E-state index in [0.29, 0.717) is 23.5 Å². The van der Waals surface area contributed by atoms with Crippen LogP contribution in [0.25, 0.3) is 10.9 Å². The number of aryl methyl sites for hydroxylation is 2. The second kappa shape index (κ2) is 5.91. The summed E-state index contributed by atoms with van der Waals surface area (Å²) < 4.78 is 40.5. The van der Waals surface area contributed by atoms with Crippen molar-refractivity contribution in [2.75, 3.05) is 0 Å². The maximum absolute atomic E-state index is 13.0. The number of ketones is 1. The summed E-state index contributed by atoms with van der Waals surface area (Å²) in [6.07, 6.45) is -4.75. The summed E-state index contributed by atoms with van der Waals surface area (Å²) in [5, 5.41) is 14.4. The van der Waals surface area contributed by atoms with Gasteiger partial charge in [-0.1, -0.05) is 11.6 Å². The summed E-state index contributed by atoms with van der Waals surface area (Å²) in [6, 6.07) is 8.15. The van der Waals surface area contributed by atoms with Gasteiger partial charge in [0.2, 0.25) is 5.78 Å². The number of alkyl halides is 3. The van der Waals surface area contributed by atoms with Crippen LogP contribution in [0.2, 0.25) is 0 Å². The number of carbonyl (C=O) groups excluding carboxylic acids is 1. The summed E-state index contributed by atoms with van der Waals surface area (Å²) in [5.41, 5.74) is 0.369. The van der Waals surface area contributed by atoms with Crippen molar-refractivity contribution in [2.45, 2.75) is 26.6 Å². The lowest BCUT2D eigenvalue weighted by molar-refractivity contribution is -0.138. The first-order valence-electron chi connectivity index (χ1n) is 7.64. The average Bonchev–Trinajstić information content (AvgIpc) is 2.91. The lowest BCUT2D eigenvalue weighted by Crippen LogP contribution is -2.13. The van der Waals surface area contributed by atoms with Crippen LogP contribution in [-0.2, 0) is 12.7 Å². The summed E-state index contributed by atoms with van der Waals surface area (Å²) in [6.45, 7) is 4.06. The Hall–Kier alpha value is -2.83. The fourth-order valence-electron chi connectivity index (χ4n) is 2.76. The van der Waals surface area contributed by atoms with E-state index in [2.05, 4.69) is 5.10 Å². The third-order valence-electron chi connectivity index (χ3n) is 3.97. The zero-order valence-corrected chi connectivity index (χ0v) is 13.6. The zero-order valence-electron chi connectivity index (χ0n) is 13.6. The molecule has 0 spiro atoms. The van der Waals surface area contributed by atoms with Gasteiger partial charge in [0, 0.05) is 17.5 Å². The molecule has 0 amide bonds. The molecular formula is C18H15F3N2O2. The van der Waals surface area contributed by atoms with E-state index in [9.17, 15) is 23.1 Å². The highest BCUT2D eigenvalue weighted by Crippen LogP contribution is 2.36. The number of phenols is 1. The molecule has 0 aliphatic rings. The molecule has 4 nitrogen and oxygen atoms in total. The lowest BCUT2D eigenvalue weighted by atomic mass is 10.0. The average molecular weight is 348 g/mol. The molecule has 0 atom stereocenters. The number of nitrogens with zero attached hydrogens (tertiary/aromatic N) is 2. The van der Waals surface area contributed by atoms with Crippen LogP contribution in [0, 0.1) is 6.92 Å². The van der Waals surface area contributed by atoms with Crippen molar-refractivity contribution in [3.8, 4) is 5.75 Å². The van der Waals surface area contributed by atoms with Gasteiger partial charge in [0.1, 0.15) is 11.4 Å². The van der Waals surface area contributed by atoms with E-state index in [4.69, 9.17) is 0 Å². The molecule has 0 aliphatic heterocycles. The third kappa shape index (κ3) is 2.97. The molecule has 1 aromatic heterocycles. The minimum Gasteiger partial charge on any atom is -0.507 e. The van der Waals surface area contributed by atoms with Crippen LogP contribution in [0.1, 0.15) is 34.1 Å². The first kappa shape index (κ1) is 17.0. The first-order chi connectivity index (χ1) is 11.7. The van der Waals surface area contributed by atoms with Crippen molar-refractivity contribution in [2.24, 2.45) is 0 Å². The van der Waals surface area contributed by atoms with Crippen molar-refractivity contribution in [3.05, 3.63) is 58.8 Å². The van der Waals surface area contributed by atoms with Gasteiger partial charge in [-0.3, -0.25) is 9.48 Å². The van der Waals surface area contributed by atoms with E-state index < -0.39 is 23.3 Å². The molecule has 2 aromatic carbocycles. The molecule has 1 heterocycles. The van der Waals surface area contributed by atoms with E-state index in [0.717, 1.165) is 11.6 Å². The van der Waals surface area contributed by atoms with Gasteiger partial charge in [0.05, 0.1) is 11.1 Å². The number of hydrogen-bond donors (Lipinski definition) is 1. The Bertz CT molecular complexity index is 974. The fourth-order valence-corrected chi connectivity index (χ4v) is 2.76. The molecule has 0 bridgehead atoms. The van der Waals surface area contributed by atoms with Crippen molar-refractivity contribution >= 4 is 16.7 Å². The van der Waals surface area contributed by atoms with Gasteiger partial charge in [0.25, 0.3) is 0 Å². The van der Waals surface area contributed by atoms with Gasteiger partial charge in [-0.15, -0.1) is 0 Å². The predicted octanol–water partition coefficient (Wildman–Crippen LogP) is 4.32. The molecular weight excluding hydrogens is 333 g/mol. The molecule has 1 N–H and O–H groups in total. The highest BCUT2D eigenvalue weighted by molar-refractivity contribution is 6.15. The number of carbonyl (C=O) groups is 1. The molecule has 0 saturated carbocycles. The maximum atomic E-state index is 13.0. The molecule has 3 rings (SSSR count). The van der Waals surface area contributed by atoms with Gasteiger partial charge in [-0.2, -0.15) is 18.3 Å². The number of benzene rings is 2. The van der Waals surface area contributed by atoms with Crippen LogP contribution in [0.5, 0.6) is 5.75 Å². The van der Waals surface area contributed by atoms with Gasteiger partial charge in [-0.05, 0) is 44.2 Å². The maximum Gasteiger partial charge on any atom is 0.419 e. The zero-order chi connectivity index (χ0) is 18.4. The van der Waals surface area contributed by atoms with Crippen LogP contribution in [-0.4, -0.2) is 20.7 Å². The van der Waals surface area contributed by atoms with Gasteiger partial charge < -0.3 is 5.11 Å². The number of rotatable bonds is 3. The first-order valence-corrected chi connectivity index (χ1v) is 7.64. The van der Waals surface area contributed by atoms with E-state index in [1.165, 1.54) is 10.7 Å². The molecule has 3 aromatic rings. The topological polar surface area (TPSA) is 55.1 Å². The molecule has 0 unspecified atom stereocenters. The van der Waals surface area contributed by atoms with Crippen molar-refractivity contribution < 1.29 is 23.1 Å². The molecule has 0 aliphatic carbocycles. The Kier molecular flexibility index (Phi) is 4.02. The second-order valence-electron chi connectivity index (χ2n) is 5.74. The summed E-state index contributed by atoms with van der Waals surface area (Å²) >= 11 is 0. The minimum absolute atomic E-state index is 0.150. The normalized spacial score (nSPS) is 11.9. The third-order valence-corrected chi connectivity index (χ3v) is 3.97. The summed E-state index contributed by atoms with van der Waals surface area (Å²) in [4.78, 5) is 12.9. The Morgan fingerprint density at radius 1 is 1.20 bits per heavy atom. The van der Waals surface area contributed by atoms with E-state index in [1.807, 2.05) is 13.0 Å². The number of aromatic hydroxyl groups is 1. The van der Waals surface area contributed by atoms with E-state index >= 15 is 0 Å². The number of aromatic nitrogens is 2. The molecule has 7 heteroatoms. The molecule has 130 valence electrons. The highest BCUT2D eigenvalue weighted by atomic mass is 19.4. The van der Waals surface area contributed by atoms with Gasteiger partial charge in [0.15, 0.2) is 0 Å². The second-order valence-corrected chi connectivity index (χ2v) is 5.74. The highest BCUT2D eigenvalue weighted by Gasteiger charge is 2.35. The van der Waals surface area contributed by atoms with Crippen molar-refractivity contribution in [3.63, 3.8) is 0 Å². The SMILES string of the molecule is CCn1nc2ccc(C)cc2c1C(=O)c1ccc(O)c(C(F)(F)F)c1. The molecule has 0 radical (unpaired) electrons. The standard InChI is InChI=1S/C18H15F3N2O2/c1-3-23-16(12-8-10(2)4-6-14(12)22-23)17(25)11-5-7-15(24)13(9-11)18(19,20)21/h4-9,24H,3H2,1-2H3. The van der Waals surface area contributed by atoms with Gasteiger partial charge in [-0.25, -0.2) is 0 Å². The Balaban J connectivity index is 2.19. The minimum atomic E-state index is -4.75. The number of halogens is 3.